The van der Waals surface area contributed by atoms with E-state index in [2.05, 4.69) is 54.5 Å². The number of benzene rings is 1. The van der Waals surface area contributed by atoms with Crippen LogP contribution in [0.15, 0.2) is 43.9 Å². The lowest BCUT2D eigenvalue weighted by Crippen LogP contribution is -2.12. The van der Waals surface area contributed by atoms with E-state index in [0.717, 1.165) is 21.3 Å². The van der Waals surface area contributed by atoms with Gasteiger partial charge in [0.25, 0.3) is 0 Å². The molecule has 0 aliphatic heterocycles. The van der Waals surface area contributed by atoms with Crippen molar-refractivity contribution in [3.8, 4) is 0 Å². The first kappa shape index (κ1) is 11.8. The molecule has 1 aromatic carbocycles. The van der Waals surface area contributed by atoms with Crippen molar-refractivity contribution in [2.24, 2.45) is 0 Å². The third kappa shape index (κ3) is 3.17. The van der Waals surface area contributed by atoms with Gasteiger partial charge in [-0.3, -0.25) is 0 Å². The normalized spacial score (nSPS) is 10.6. The first-order chi connectivity index (χ1) is 7.75. The minimum Gasteiger partial charge on any atom is -0.360 e. The third-order valence-electron chi connectivity index (χ3n) is 2.10. The van der Waals surface area contributed by atoms with Crippen molar-refractivity contribution < 1.29 is 4.52 Å². The number of halogens is 2. The molecule has 1 aromatic heterocycles. The maximum Gasteiger partial charge on any atom is 0.150 e. The molecule has 1 heterocycles. The molecule has 0 atom stereocenters. The number of hydrogen-bond acceptors (Lipinski definition) is 3. The fourth-order valence-corrected chi connectivity index (χ4v) is 1.99. The number of aromatic nitrogens is 1. The smallest absolute Gasteiger partial charge is 0.150 e. The zero-order chi connectivity index (χ0) is 11.4. The zero-order valence-corrected chi connectivity index (χ0v) is 11.6. The largest absolute Gasteiger partial charge is 0.360 e. The van der Waals surface area contributed by atoms with E-state index in [0.29, 0.717) is 6.54 Å². The van der Waals surface area contributed by atoms with Crippen LogP contribution in [-0.2, 0) is 13.1 Å². The summed E-state index contributed by atoms with van der Waals surface area (Å²) in [6.07, 6.45) is 1.65. The van der Waals surface area contributed by atoms with Crippen LogP contribution in [-0.4, -0.2) is 5.16 Å². The Labute approximate surface area is 110 Å². The summed E-state index contributed by atoms with van der Waals surface area (Å²) in [5, 5.41) is 6.93. The molecule has 0 aliphatic carbocycles. The van der Waals surface area contributed by atoms with Gasteiger partial charge in [-0.25, -0.2) is 0 Å². The number of nitrogens with zero attached hydrogens (tertiary/aromatic N) is 1. The van der Waals surface area contributed by atoms with E-state index in [4.69, 9.17) is 4.52 Å². The third-order valence-corrected chi connectivity index (χ3v) is 3.98. The summed E-state index contributed by atoms with van der Waals surface area (Å²) in [6.45, 7) is 1.49. The van der Waals surface area contributed by atoms with Crippen LogP contribution < -0.4 is 5.32 Å². The molecule has 2 rings (SSSR count). The van der Waals surface area contributed by atoms with Crippen LogP contribution >= 0.6 is 31.9 Å². The molecular weight excluding hydrogens is 336 g/mol. The van der Waals surface area contributed by atoms with Crippen molar-refractivity contribution in [1.82, 2.24) is 10.5 Å². The average Bonchev–Trinajstić information content (AvgIpc) is 2.76. The lowest BCUT2D eigenvalue weighted by molar-refractivity contribution is 0.373. The second kappa shape index (κ2) is 5.61. The van der Waals surface area contributed by atoms with Gasteiger partial charge in [-0.1, -0.05) is 11.2 Å². The van der Waals surface area contributed by atoms with E-state index in [1.807, 2.05) is 12.1 Å². The van der Waals surface area contributed by atoms with E-state index < -0.39 is 0 Å². The maximum absolute atomic E-state index is 4.99. The molecule has 0 spiro atoms. The van der Waals surface area contributed by atoms with Crippen molar-refractivity contribution in [3.63, 3.8) is 0 Å². The second-order valence-corrected chi connectivity index (χ2v) is 5.04. The summed E-state index contributed by atoms with van der Waals surface area (Å²) in [5.74, 6) is 0.844. The minimum absolute atomic E-state index is 0.688. The molecule has 16 heavy (non-hydrogen) atoms. The Morgan fingerprint density at radius 3 is 2.69 bits per heavy atom. The summed E-state index contributed by atoms with van der Waals surface area (Å²) >= 11 is 6.91. The van der Waals surface area contributed by atoms with Crippen LogP contribution in [0.5, 0.6) is 0 Å². The highest BCUT2D eigenvalue weighted by atomic mass is 79.9. The Morgan fingerprint density at radius 1 is 1.12 bits per heavy atom. The van der Waals surface area contributed by atoms with Gasteiger partial charge >= 0.3 is 0 Å². The Morgan fingerprint density at radius 2 is 2.00 bits per heavy atom. The van der Waals surface area contributed by atoms with Gasteiger partial charge in [0, 0.05) is 21.6 Å². The molecule has 0 radical (unpaired) electrons. The summed E-state index contributed by atoms with van der Waals surface area (Å²) < 4.78 is 7.11. The number of hydrogen-bond donors (Lipinski definition) is 1. The first-order valence-corrected chi connectivity index (χ1v) is 6.38. The lowest BCUT2D eigenvalue weighted by atomic mass is 10.2. The molecule has 84 valence electrons. The van der Waals surface area contributed by atoms with Gasteiger partial charge in [0.05, 0.1) is 12.7 Å². The number of nitrogens with one attached hydrogen (secondary N) is 1. The van der Waals surface area contributed by atoms with Gasteiger partial charge in [-0.15, -0.1) is 0 Å². The minimum atomic E-state index is 0.688. The Balaban J connectivity index is 1.87. The molecule has 0 unspecified atom stereocenters. The van der Waals surface area contributed by atoms with Crippen LogP contribution in [0.3, 0.4) is 0 Å². The molecule has 0 bridgehead atoms. The molecule has 0 saturated heterocycles. The monoisotopic (exact) mass is 344 g/mol. The van der Waals surface area contributed by atoms with Crippen LogP contribution in [0.2, 0.25) is 0 Å². The molecule has 2 aromatic rings. The fourth-order valence-electron chi connectivity index (χ4n) is 1.31. The van der Waals surface area contributed by atoms with Gasteiger partial charge < -0.3 is 9.84 Å². The molecule has 5 heteroatoms. The van der Waals surface area contributed by atoms with Crippen LogP contribution in [0.25, 0.3) is 0 Å². The molecule has 0 saturated carbocycles. The predicted molar refractivity (Wildman–Crippen MR) is 68.9 cm³/mol. The van der Waals surface area contributed by atoms with E-state index in [-0.39, 0.29) is 0 Å². The molecule has 0 amide bonds. The average molecular weight is 346 g/mol. The summed E-state index contributed by atoms with van der Waals surface area (Å²) in [7, 11) is 0. The van der Waals surface area contributed by atoms with E-state index in [1.165, 1.54) is 5.56 Å². The van der Waals surface area contributed by atoms with E-state index >= 15 is 0 Å². The fraction of sp³-hybridized carbons (Fsp3) is 0.182. The highest BCUT2D eigenvalue weighted by Crippen LogP contribution is 2.23. The van der Waals surface area contributed by atoms with Crippen molar-refractivity contribution in [3.05, 3.63) is 50.7 Å². The van der Waals surface area contributed by atoms with Gasteiger partial charge in [-0.05, 0) is 49.6 Å². The van der Waals surface area contributed by atoms with Crippen molar-refractivity contribution in [1.29, 1.82) is 0 Å². The highest BCUT2D eigenvalue weighted by Gasteiger charge is 2.00. The van der Waals surface area contributed by atoms with E-state index in [9.17, 15) is 0 Å². The Bertz CT molecular complexity index is 457. The summed E-state index contributed by atoms with van der Waals surface area (Å²) in [5.41, 5.74) is 1.22. The van der Waals surface area contributed by atoms with E-state index in [1.54, 1.807) is 6.20 Å². The maximum atomic E-state index is 4.99. The van der Waals surface area contributed by atoms with Crippen molar-refractivity contribution >= 4 is 31.9 Å². The predicted octanol–water partition coefficient (Wildman–Crippen LogP) is 3.49. The summed E-state index contributed by atoms with van der Waals surface area (Å²) in [6, 6.07) is 8.03. The van der Waals surface area contributed by atoms with Crippen molar-refractivity contribution in [2.45, 2.75) is 13.1 Å². The highest BCUT2D eigenvalue weighted by molar-refractivity contribution is 9.13. The molecule has 0 fully saturated rings. The molecule has 3 nitrogen and oxygen atoms in total. The molecule has 1 N–H and O–H groups in total. The second-order valence-electron chi connectivity index (χ2n) is 3.33. The van der Waals surface area contributed by atoms with Gasteiger partial charge in [0.15, 0.2) is 0 Å². The van der Waals surface area contributed by atoms with Crippen molar-refractivity contribution in [2.75, 3.05) is 0 Å². The standard InChI is InChI=1S/C11H10Br2N2O/c12-10-2-1-8(5-11(10)13)6-14-7-9-3-4-15-16-9/h1-5,14H,6-7H2. The topological polar surface area (TPSA) is 38.1 Å². The van der Waals surface area contributed by atoms with Gasteiger partial charge in [0.1, 0.15) is 5.76 Å². The SMILES string of the molecule is Brc1ccc(CNCc2ccno2)cc1Br. The van der Waals surface area contributed by atoms with Crippen LogP contribution in [0, 0.1) is 0 Å². The quantitative estimate of drug-likeness (QED) is 0.921. The molecular formula is C11H10Br2N2O. The zero-order valence-electron chi connectivity index (χ0n) is 8.41. The lowest BCUT2D eigenvalue weighted by Gasteiger charge is -2.04. The molecule has 0 aliphatic rings. The Hall–Kier alpha value is -0.650. The number of rotatable bonds is 4. The van der Waals surface area contributed by atoms with Crippen LogP contribution in [0.1, 0.15) is 11.3 Å². The van der Waals surface area contributed by atoms with Crippen LogP contribution in [0.4, 0.5) is 0 Å². The van der Waals surface area contributed by atoms with Gasteiger partial charge in [0.2, 0.25) is 0 Å². The summed E-state index contributed by atoms with van der Waals surface area (Å²) in [4.78, 5) is 0. The van der Waals surface area contributed by atoms with Gasteiger partial charge in [-0.2, -0.15) is 0 Å². The Kier molecular flexibility index (Phi) is 4.15. The first-order valence-electron chi connectivity index (χ1n) is 4.80.